The maximum atomic E-state index is 10.9. The minimum atomic E-state index is -0.712. The van der Waals surface area contributed by atoms with E-state index in [0.717, 1.165) is 44.1 Å². The molecular formula is C22H32O2. The molecule has 1 aromatic carbocycles. The molecule has 1 aromatic rings. The highest BCUT2D eigenvalue weighted by atomic mass is 16.3. The van der Waals surface area contributed by atoms with Crippen LogP contribution in [0.15, 0.2) is 41.5 Å². The molecule has 2 heteroatoms. The number of phenolic OH excluding ortho intramolecular Hbond substituents is 1. The number of aryl methyl sites for hydroxylation is 1. The summed E-state index contributed by atoms with van der Waals surface area (Å²) in [5, 5.41) is 20.9. The third-order valence-electron chi connectivity index (χ3n) is 5.49. The van der Waals surface area contributed by atoms with E-state index in [1.54, 1.807) is 6.07 Å². The Morgan fingerprint density at radius 3 is 2.42 bits per heavy atom. The van der Waals surface area contributed by atoms with Crippen LogP contribution in [-0.4, -0.2) is 15.8 Å². The fraction of sp³-hybridized carbons (Fsp3) is 0.545. The number of phenols is 1. The Hall–Kier alpha value is -1.54. The number of benzene rings is 1. The van der Waals surface area contributed by atoms with Crippen LogP contribution in [0.5, 0.6) is 5.75 Å². The fourth-order valence-electron chi connectivity index (χ4n) is 3.83. The van der Waals surface area contributed by atoms with Crippen molar-refractivity contribution in [1.29, 1.82) is 0 Å². The number of hydrogen-bond acceptors (Lipinski definition) is 2. The van der Waals surface area contributed by atoms with Gasteiger partial charge in [-0.15, -0.1) is 0 Å². The number of aromatic hydroxyl groups is 1. The molecule has 2 rings (SSSR count). The second kappa shape index (κ2) is 8.02. The third-order valence-corrected chi connectivity index (χ3v) is 5.49. The zero-order valence-corrected chi connectivity index (χ0v) is 15.6. The molecule has 0 aromatic heterocycles. The summed E-state index contributed by atoms with van der Waals surface area (Å²) in [6.07, 6.45) is 9.91. The molecule has 2 nitrogen and oxygen atoms in total. The van der Waals surface area contributed by atoms with Gasteiger partial charge >= 0.3 is 0 Å². The Labute approximate surface area is 146 Å². The summed E-state index contributed by atoms with van der Waals surface area (Å²) < 4.78 is 0. The van der Waals surface area contributed by atoms with E-state index < -0.39 is 5.60 Å². The van der Waals surface area contributed by atoms with Crippen molar-refractivity contribution in [2.45, 2.75) is 77.7 Å². The lowest BCUT2D eigenvalue weighted by Gasteiger charge is -2.33. The first kappa shape index (κ1) is 18.8. The van der Waals surface area contributed by atoms with Gasteiger partial charge in [0.25, 0.3) is 0 Å². The van der Waals surface area contributed by atoms with Crippen LogP contribution >= 0.6 is 0 Å². The quantitative estimate of drug-likeness (QED) is 0.679. The van der Waals surface area contributed by atoms with Gasteiger partial charge in [-0.2, -0.15) is 0 Å². The monoisotopic (exact) mass is 328 g/mol. The summed E-state index contributed by atoms with van der Waals surface area (Å²) in [5.74, 6) is 0.653. The average Bonchev–Trinajstić information content (AvgIpc) is 2.61. The minimum Gasteiger partial charge on any atom is -0.508 e. The molecule has 1 atom stereocenters. The zero-order valence-electron chi connectivity index (χ0n) is 15.6. The Bertz CT molecular complexity index is 621. The van der Waals surface area contributed by atoms with Gasteiger partial charge < -0.3 is 10.2 Å². The van der Waals surface area contributed by atoms with Crippen molar-refractivity contribution in [2.75, 3.05) is 0 Å². The molecule has 0 radical (unpaired) electrons. The van der Waals surface area contributed by atoms with E-state index in [1.807, 2.05) is 26.0 Å². The summed E-state index contributed by atoms with van der Waals surface area (Å²) in [6.45, 7) is 8.46. The molecule has 0 saturated carbocycles. The van der Waals surface area contributed by atoms with Crippen LogP contribution in [0.25, 0.3) is 0 Å². The lowest BCUT2D eigenvalue weighted by atomic mass is 9.75. The smallest absolute Gasteiger partial charge is 0.115 e. The Morgan fingerprint density at radius 1 is 1.12 bits per heavy atom. The van der Waals surface area contributed by atoms with Crippen LogP contribution in [0.4, 0.5) is 0 Å². The second-order valence-corrected chi connectivity index (χ2v) is 6.89. The van der Waals surface area contributed by atoms with Crippen molar-refractivity contribution in [2.24, 2.45) is 0 Å². The summed E-state index contributed by atoms with van der Waals surface area (Å²) in [6, 6.07) is 5.75. The van der Waals surface area contributed by atoms with Crippen LogP contribution in [0.3, 0.4) is 0 Å². The molecule has 0 unspecified atom stereocenters. The molecule has 0 saturated heterocycles. The van der Waals surface area contributed by atoms with Crippen molar-refractivity contribution in [3.05, 3.63) is 52.6 Å². The lowest BCUT2D eigenvalue weighted by Crippen LogP contribution is -2.30. The SMILES string of the molecule is CCCC1=CC(C(O)(CC)CC)=CC[C@@H]1c1cc(O)ccc1CC. The van der Waals surface area contributed by atoms with Gasteiger partial charge in [0.1, 0.15) is 5.75 Å². The van der Waals surface area contributed by atoms with Gasteiger partial charge in [-0.05, 0) is 60.9 Å². The van der Waals surface area contributed by atoms with Crippen LogP contribution in [-0.2, 0) is 6.42 Å². The predicted molar refractivity (Wildman–Crippen MR) is 101 cm³/mol. The number of rotatable bonds is 7. The molecule has 0 aliphatic heterocycles. The van der Waals surface area contributed by atoms with Crippen molar-refractivity contribution in [3.8, 4) is 5.75 Å². The van der Waals surface area contributed by atoms with Gasteiger partial charge in [0, 0.05) is 5.92 Å². The van der Waals surface area contributed by atoms with Crippen molar-refractivity contribution < 1.29 is 10.2 Å². The van der Waals surface area contributed by atoms with Crippen molar-refractivity contribution in [3.63, 3.8) is 0 Å². The highest BCUT2D eigenvalue weighted by Gasteiger charge is 2.30. The van der Waals surface area contributed by atoms with Crippen molar-refractivity contribution in [1.82, 2.24) is 0 Å². The molecule has 1 aliphatic carbocycles. The van der Waals surface area contributed by atoms with E-state index in [2.05, 4.69) is 26.0 Å². The molecule has 0 heterocycles. The van der Waals surface area contributed by atoms with Crippen LogP contribution in [0, 0.1) is 0 Å². The molecule has 24 heavy (non-hydrogen) atoms. The van der Waals surface area contributed by atoms with Crippen LogP contribution in [0.2, 0.25) is 0 Å². The van der Waals surface area contributed by atoms with Crippen molar-refractivity contribution >= 4 is 0 Å². The topological polar surface area (TPSA) is 40.5 Å². The lowest BCUT2D eigenvalue weighted by molar-refractivity contribution is 0.0729. The highest BCUT2D eigenvalue weighted by Crippen LogP contribution is 2.41. The predicted octanol–water partition coefficient (Wildman–Crippen LogP) is 5.65. The first-order valence-corrected chi connectivity index (χ1v) is 9.44. The highest BCUT2D eigenvalue weighted by molar-refractivity contribution is 5.46. The van der Waals surface area contributed by atoms with Gasteiger partial charge in [0.2, 0.25) is 0 Å². The minimum absolute atomic E-state index is 0.314. The maximum absolute atomic E-state index is 10.9. The van der Waals surface area contributed by atoms with E-state index in [0.29, 0.717) is 11.7 Å². The van der Waals surface area contributed by atoms with Crippen LogP contribution in [0.1, 0.15) is 76.8 Å². The summed E-state index contributed by atoms with van der Waals surface area (Å²) >= 11 is 0. The third kappa shape index (κ3) is 3.75. The summed E-state index contributed by atoms with van der Waals surface area (Å²) in [7, 11) is 0. The summed E-state index contributed by atoms with van der Waals surface area (Å²) in [4.78, 5) is 0. The van der Waals surface area contributed by atoms with E-state index >= 15 is 0 Å². The number of allylic oxidation sites excluding steroid dienone is 2. The van der Waals surface area contributed by atoms with E-state index in [4.69, 9.17) is 0 Å². The first-order valence-electron chi connectivity index (χ1n) is 9.44. The van der Waals surface area contributed by atoms with Crippen LogP contribution < -0.4 is 0 Å². The molecule has 1 aliphatic rings. The average molecular weight is 328 g/mol. The molecule has 0 bridgehead atoms. The van der Waals surface area contributed by atoms with E-state index in [9.17, 15) is 10.2 Å². The van der Waals surface area contributed by atoms with E-state index in [1.165, 1.54) is 16.7 Å². The Morgan fingerprint density at radius 2 is 1.83 bits per heavy atom. The molecule has 2 N–H and O–H groups in total. The summed E-state index contributed by atoms with van der Waals surface area (Å²) in [5.41, 5.74) is 4.29. The fourth-order valence-corrected chi connectivity index (χ4v) is 3.83. The molecule has 0 spiro atoms. The second-order valence-electron chi connectivity index (χ2n) is 6.89. The van der Waals surface area contributed by atoms with Gasteiger partial charge in [-0.1, -0.05) is 57.9 Å². The number of aliphatic hydroxyl groups is 1. The van der Waals surface area contributed by atoms with Gasteiger partial charge in [0.15, 0.2) is 0 Å². The maximum Gasteiger partial charge on any atom is 0.115 e. The molecule has 0 amide bonds. The molecule has 132 valence electrons. The molecule has 0 fully saturated rings. The van der Waals surface area contributed by atoms with Gasteiger partial charge in [-0.25, -0.2) is 0 Å². The number of hydrogen-bond donors (Lipinski definition) is 2. The first-order chi connectivity index (χ1) is 11.5. The van der Waals surface area contributed by atoms with E-state index in [-0.39, 0.29) is 0 Å². The molecular weight excluding hydrogens is 296 g/mol. The normalized spacial score (nSPS) is 18.3. The largest absolute Gasteiger partial charge is 0.508 e. The van der Waals surface area contributed by atoms with Gasteiger partial charge in [0.05, 0.1) is 5.60 Å². The van der Waals surface area contributed by atoms with Gasteiger partial charge in [-0.3, -0.25) is 0 Å². The Kier molecular flexibility index (Phi) is 6.28. The zero-order chi connectivity index (χ0) is 17.7. The standard InChI is InChI=1S/C22H32O2/c1-5-9-17-14-18(22(24,7-3)8-4)11-13-20(17)21-15-19(23)12-10-16(21)6-2/h10-12,14-15,20,23-24H,5-9,13H2,1-4H3/t20-/m0/s1. The Balaban J connectivity index is 2.43.